The number of rotatable bonds is 5. The number of nitrogens with zero attached hydrogens (tertiary/aromatic N) is 1. The lowest BCUT2D eigenvalue weighted by molar-refractivity contribution is -0.384. The van der Waals surface area contributed by atoms with Crippen LogP contribution in [0.3, 0.4) is 0 Å². The van der Waals surface area contributed by atoms with E-state index in [1.165, 1.54) is 12.1 Å². The fraction of sp³-hybridized carbons (Fsp3) is 0.143. The number of non-ortho nitro benzene ring substituents is 1. The molecule has 0 unspecified atom stereocenters. The van der Waals surface area contributed by atoms with Gasteiger partial charge in [0.2, 0.25) is 0 Å². The summed E-state index contributed by atoms with van der Waals surface area (Å²) in [5, 5.41) is 17.3. The van der Waals surface area contributed by atoms with Gasteiger partial charge in [0.15, 0.2) is 0 Å². The second-order valence-corrected chi connectivity index (χ2v) is 5.32. The van der Waals surface area contributed by atoms with E-state index in [1.807, 2.05) is 37.3 Å². The first-order valence-corrected chi connectivity index (χ1v) is 7.23. The predicted molar refractivity (Wildman–Crippen MR) is 89.7 cm³/mol. The fourth-order valence-corrected chi connectivity index (χ4v) is 2.34. The summed E-state index contributed by atoms with van der Waals surface area (Å²) in [4.78, 5) is 10.6. The van der Waals surface area contributed by atoms with E-state index in [-0.39, 0.29) is 10.6 Å². The van der Waals surface area contributed by atoms with E-state index in [0.29, 0.717) is 12.2 Å². The van der Waals surface area contributed by atoms with Crippen molar-refractivity contribution in [3.8, 4) is 0 Å². The van der Waals surface area contributed by atoms with Gasteiger partial charge < -0.3 is 10.6 Å². The molecule has 2 aromatic carbocycles. The largest absolute Gasteiger partial charge is 0.385 e. The molecule has 0 amide bonds. The molecule has 0 radical (unpaired) electrons. The monoisotopic (exact) mass is 383 g/mol. The van der Waals surface area contributed by atoms with Crippen LogP contribution in [0.25, 0.3) is 0 Å². The summed E-state index contributed by atoms with van der Waals surface area (Å²) in [5.41, 5.74) is 2.42. The summed E-state index contributed by atoms with van der Waals surface area (Å²) in [6.45, 7) is 2.66. The summed E-state index contributed by atoms with van der Waals surface area (Å²) in [6.07, 6.45) is 0. The van der Waals surface area contributed by atoms with E-state index < -0.39 is 0 Å². The Morgan fingerprint density at radius 3 is 2.55 bits per heavy atom. The van der Waals surface area contributed by atoms with E-state index in [4.69, 9.17) is 0 Å². The molecule has 2 rings (SSSR count). The third-order valence-electron chi connectivity index (χ3n) is 2.66. The minimum Gasteiger partial charge on any atom is -0.385 e. The first-order valence-electron chi connectivity index (χ1n) is 6.15. The number of halogens is 1. The first-order chi connectivity index (χ1) is 9.60. The molecular formula is C14H14IN3O2. The summed E-state index contributed by atoms with van der Waals surface area (Å²) in [7, 11) is 0. The zero-order valence-corrected chi connectivity index (χ0v) is 13.0. The molecule has 0 aromatic heterocycles. The van der Waals surface area contributed by atoms with Crippen LogP contribution in [0, 0.1) is 13.7 Å². The minimum absolute atomic E-state index is 0.0666. The molecule has 104 valence electrons. The normalized spacial score (nSPS) is 10.1. The maximum atomic E-state index is 11.0. The van der Waals surface area contributed by atoms with Crippen LogP contribution in [0.5, 0.6) is 0 Å². The molecule has 0 heterocycles. The Bertz CT molecular complexity index is 632. The lowest BCUT2D eigenvalue weighted by Crippen LogP contribution is -2.00. The smallest absolute Gasteiger partial charge is 0.273 e. The van der Waals surface area contributed by atoms with E-state index >= 15 is 0 Å². The highest BCUT2D eigenvalue weighted by molar-refractivity contribution is 14.1. The molecule has 20 heavy (non-hydrogen) atoms. The van der Waals surface area contributed by atoms with E-state index in [1.54, 1.807) is 0 Å². The first kappa shape index (κ1) is 14.6. The number of anilines is 3. The summed E-state index contributed by atoms with van der Waals surface area (Å²) >= 11 is 2.22. The van der Waals surface area contributed by atoms with Crippen molar-refractivity contribution < 1.29 is 4.92 Å². The Balaban J connectivity index is 2.35. The standard InChI is InChI=1S/C14H14IN3O2/c1-2-16-10-7-11(9-12(8-10)18(19)20)17-14-6-4-3-5-13(14)15/h3-9,16-17H,2H2,1H3. The SMILES string of the molecule is CCNc1cc(Nc2ccccc2I)cc([N+](=O)[O-])c1. The van der Waals surface area contributed by atoms with Crippen molar-refractivity contribution in [2.24, 2.45) is 0 Å². The fourth-order valence-electron chi connectivity index (χ4n) is 1.81. The molecule has 0 fully saturated rings. The lowest BCUT2D eigenvalue weighted by Gasteiger charge is -2.11. The van der Waals surface area contributed by atoms with Gasteiger partial charge in [-0.05, 0) is 47.7 Å². The average Bonchev–Trinajstić information content (AvgIpc) is 2.41. The lowest BCUT2D eigenvalue weighted by atomic mass is 10.2. The average molecular weight is 383 g/mol. The molecule has 0 saturated carbocycles. The summed E-state index contributed by atoms with van der Waals surface area (Å²) in [6, 6.07) is 12.7. The van der Waals surface area contributed by atoms with Gasteiger partial charge in [0.1, 0.15) is 0 Å². The van der Waals surface area contributed by atoms with E-state index in [0.717, 1.165) is 14.9 Å². The molecule has 0 bridgehead atoms. The van der Waals surface area contributed by atoms with Gasteiger partial charge >= 0.3 is 0 Å². The van der Waals surface area contributed by atoms with Crippen LogP contribution in [0.2, 0.25) is 0 Å². The van der Waals surface area contributed by atoms with Crippen LogP contribution >= 0.6 is 22.6 Å². The molecule has 0 spiro atoms. The molecule has 5 nitrogen and oxygen atoms in total. The molecule has 0 aliphatic carbocycles. The van der Waals surface area contributed by atoms with Gasteiger partial charge in [0.25, 0.3) is 5.69 Å². The number of nitrogens with one attached hydrogen (secondary N) is 2. The zero-order valence-electron chi connectivity index (χ0n) is 10.9. The predicted octanol–water partition coefficient (Wildman–Crippen LogP) is 4.37. The number of para-hydroxylation sites is 1. The molecule has 0 aliphatic rings. The van der Waals surface area contributed by atoms with Gasteiger partial charge in [-0.15, -0.1) is 0 Å². The molecule has 0 atom stereocenters. The maximum absolute atomic E-state index is 11.0. The Labute approximate surface area is 130 Å². The topological polar surface area (TPSA) is 67.2 Å². The molecule has 2 aromatic rings. The molecule has 2 N–H and O–H groups in total. The van der Waals surface area contributed by atoms with Crippen LogP contribution in [-0.4, -0.2) is 11.5 Å². The van der Waals surface area contributed by atoms with E-state index in [9.17, 15) is 10.1 Å². The van der Waals surface area contributed by atoms with Crippen LogP contribution in [0.15, 0.2) is 42.5 Å². The Kier molecular flexibility index (Phi) is 4.78. The van der Waals surface area contributed by atoms with Gasteiger partial charge in [0.05, 0.1) is 10.6 Å². The zero-order chi connectivity index (χ0) is 14.5. The van der Waals surface area contributed by atoms with Crippen molar-refractivity contribution in [2.75, 3.05) is 17.2 Å². The second-order valence-electron chi connectivity index (χ2n) is 4.16. The number of hydrogen-bond acceptors (Lipinski definition) is 4. The van der Waals surface area contributed by atoms with Crippen molar-refractivity contribution in [1.82, 2.24) is 0 Å². The summed E-state index contributed by atoms with van der Waals surface area (Å²) < 4.78 is 1.06. The Hall–Kier alpha value is -1.83. The van der Waals surface area contributed by atoms with Gasteiger partial charge in [-0.2, -0.15) is 0 Å². The quantitative estimate of drug-likeness (QED) is 0.457. The molecule has 0 saturated heterocycles. The van der Waals surface area contributed by atoms with Crippen molar-refractivity contribution in [3.63, 3.8) is 0 Å². The molecular weight excluding hydrogens is 369 g/mol. The van der Waals surface area contributed by atoms with Gasteiger partial charge in [-0.1, -0.05) is 12.1 Å². The minimum atomic E-state index is -0.387. The number of nitro groups is 1. The van der Waals surface area contributed by atoms with Crippen molar-refractivity contribution in [3.05, 3.63) is 56.1 Å². The Morgan fingerprint density at radius 1 is 1.20 bits per heavy atom. The maximum Gasteiger partial charge on any atom is 0.273 e. The van der Waals surface area contributed by atoms with Crippen LogP contribution in [-0.2, 0) is 0 Å². The highest BCUT2D eigenvalue weighted by Gasteiger charge is 2.10. The number of hydrogen-bond donors (Lipinski definition) is 2. The summed E-state index contributed by atoms with van der Waals surface area (Å²) in [5.74, 6) is 0. The number of benzene rings is 2. The van der Waals surface area contributed by atoms with Gasteiger partial charge in [0, 0.05) is 33.6 Å². The molecule has 0 aliphatic heterocycles. The van der Waals surface area contributed by atoms with Crippen molar-refractivity contribution in [2.45, 2.75) is 6.92 Å². The van der Waals surface area contributed by atoms with Crippen LogP contribution in [0.1, 0.15) is 6.92 Å². The molecule has 6 heteroatoms. The second kappa shape index (κ2) is 6.56. The Morgan fingerprint density at radius 2 is 1.90 bits per heavy atom. The van der Waals surface area contributed by atoms with E-state index in [2.05, 4.69) is 33.2 Å². The number of nitro benzene ring substituents is 1. The highest BCUT2D eigenvalue weighted by Crippen LogP contribution is 2.28. The van der Waals surface area contributed by atoms with Gasteiger partial charge in [-0.3, -0.25) is 10.1 Å². The van der Waals surface area contributed by atoms with Crippen molar-refractivity contribution >= 4 is 45.3 Å². The third kappa shape index (κ3) is 3.60. The van der Waals surface area contributed by atoms with Gasteiger partial charge in [-0.25, -0.2) is 0 Å². The van der Waals surface area contributed by atoms with Crippen LogP contribution in [0.4, 0.5) is 22.7 Å². The van der Waals surface area contributed by atoms with Crippen molar-refractivity contribution in [1.29, 1.82) is 0 Å². The third-order valence-corrected chi connectivity index (χ3v) is 3.60. The van der Waals surface area contributed by atoms with Crippen LogP contribution < -0.4 is 10.6 Å². The highest BCUT2D eigenvalue weighted by atomic mass is 127.